The highest BCUT2D eigenvalue weighted by Crippen LogP contribution is 2.12. The maximum atomic E-state index is 5.79. The van der Waals surface area contributed by atoms with Gasteiger partial charge in [-0.3, -0.25) is 0 Å². The fourth-order valence-electron chi connectivity index (χ4n) is 1.88. The van der Waals surface area contributed by atoms with Gasteiger partial charge in [0.05, 0.1) is 19.3 Å². The summed E-state index contributed by atoms with van der Waals surface area (Å²) >= 11 is 0. The van der Waals surface area contributed by atoms with Crippen LogP contribution in [0.3, 0.4) is 0 Å². The van der Waals surface area contributed by atoms with Gasteiger partial charge in [-0.1, -0.05) is 19.8 Å². The first-order valence-corrected chi connectivity index (χ1v) is 6.73. The fourth-order valence-corrected chi connectivity index (χ4v) is 1.88. The van der Waals surface area contributed by atoms with E-state index in [4.69, 9.17) is 9.47 Å². The van der Waals surface area contributed by atoms with Crippen molar-refractivity contribution in [1.29, 1.82) is 0 Å². The molecule has 1 aliphatic rings. The Kier molecular flexibility index (Phi) is 7.81. The highest BCUT2D eigenvalue weighted by molar-refractivity contribution is 4.64. The average Bonchev–Trinajstić information content (AvgIpc) is 2.79. The summed E-state index contributed by atoms with van der Waals surface area (Å²) in [5.41, 5.74) is 0. The molecule has 0 amide bonds. The standard InChI is InChI=1S/C13H27NO2/c1-3-4-5-7-14-9-12(2)16-11-13-6-8-15-10-13/h12-14H,3-11H2,1-2H3. The quantitative estimate of drug-likeness (QED) is 0.615. The largest absolute Gasteiger partial charge is 0.381 e. The minimum atomic E-state index is 0.322. The Bertz CT molecular complexity index is 158. The second kappa shape index (κ2) is 8.97. The van der Waals surface area contributed by atoms with Crippen LogP contribution in [-0.4, -0.2) is 39.0 Å². The summed E-state index contributed by atoms with van der Waals surface area (Å²) in [5.74, 6) is 0.627. The monoisotopic (exact) mass is 229 g/mol. The van der Waals surface area contributed by atoms with Crippen LogP contribution in [0.2, 0.25) is 0 Å². The molecule has 96 valence electrons. The van der Waals surface area contributed by atoms with Crippen molar-refractivity contribution >= 4 is 0 Å². The average molecular weight is 229 g/mol. The van der Waals surface area contributed by atoms with E-state index in [0.717, 1.165) is 39.3 Å². The molecule has 0 bridgehead atoms. The Balaban J connectivity index is 1.87. The molecule has 0 aromatic rings. The molecule has 1 aliphatic heterocycles. The molecular weight excluding hydrogens is 202 g/mol. The van der Waals surface area contributed by atoms with E-state index in [1.165, 1.54) is 19.3 Å². The lowest BCUT2D eigenvalue weighted by Crippen LogP contribution is -2.29. The zero-order valence-corrected chi connectivity index (χ0v) is 10.8. The highest BCUT2D eigenvalue weighted by Gasteiger charge is 2.16. The predicted octanol–water partition coefficient (Wildman–Crippen LogP) is 2.21. The third kappa shape index (κ3) is 6.46. The van der Waals surface area contributed by atoms with Gasteiger partial charge in [0.2, 0.25) is 0 Å². The number of hydrogen-bond acceptors (Lipinski definition) is 3. The lowest BCUT2D eigenvalue weighted by molar-refractivity contribution is 0.0370. The Labute approximate surface area is 99.9 Å². The fraction of sp³-hybridized carbons (Fsp3) is 1.00. The summed E-state index contributed by atoms with van der Waals surface area (Å²) in [6.07, 6.45) is 5.37. The molecule has 1 fully saturated rings. The molecule has 0 aromatic heterocycles. The lowest BCUT2D eigenvalue weighted by atomic mass is 10.1. The smallest absolute Gasteiger partial charge is 0.0671 e. The molecule has 1 saturated heterocycles. The van der Waals surface area contributed by atoms with Crippen LogP contribution in [0.15, 0.2) is 0 Å². The van der Waals surface area contributed by atoms with Gasteiger partial charge >= 0.3 is 0 Å². The van der Waals surface area contributed by atoms with Crippen LogP contribution in [0, 0.1) is 5.92 Å². The van der Waals surface area contributed by atoms with Crippen molar-refractivity contribution in [3.8, 4) is 0 Å². The van der Waals surface area contributed by atoms with E-state index in [9.17, 15) is 0 Å². The van der Waals surface area contributed by atoms with Gasteiger partial charge in [0.25, 0.3) is 0 Å². The van der Waals surface area contributed by atoms with Gasteiger partial charge in [0, 0.05) is 19.1 Å². The molecule has 3 heteroatoms. The van der Waals surface area contributed by atoms with Crippen molar-refractivity contribution in [1.82, 2.24) is 5.32 Å². The predicted molar refractivity (Wildman–Crippen MR) is 66.7 cm³/mol. The van der Waals surface area contributed by atoms with Crippen LogP contribution in [-0.2, 0) is 9.47 Å². The number of hydrogen-bond donors (Lipinski definition) is 1. The summed E-state index contributed by atoms with van der Waals surface area (Å²) in [4.78, 5) is 0. The third-order valence-corrected chi connectivity index (χ3v) is 3.03. The summed E-state index contributed by atoms with van der Waals surface area (Å²) < 4.78 is 11.1. The van der Waals surface area contributed by atoms with Crippen molar-refractivity contribution in [3.63, 3.8) is 0 Å². The molecule has 0 aliphatic carbocycles. The first-order valence-electron chi connectivity index (χ1n) is 6.73. The van der Waals surface area contributed by atoms with Gasteiger partial charge < -0.3 is 14.8 Å². The summed E-state index contributed by atoms with van der Waals surface area (Å²) in [7, 11) is 0. The van der Waals surface area contributed by atoms with E-state index in [0.29, 0.717) is 12.0 Å². The van der Waals surface area contributed by atoms with E-state index < -0.39 is 0 Å². The Hall–Kier alpha value is -0.120. The summed E-state index contributed by atoms with van der Waals surface area (Å²) in [5, 5.41) is 3.44. The second-order valence-electron chi connectivity index (χ2n) is 4.78. The molecule has 0 aromatic carbocycles. The molecule has 16 heavy (non-hydrogen) atoms. The van der Waals surface area contributed by atoms with Crippen LogP contribution in [0.4, 0.5) is 0 Å². The van der Waals surface area contributed by atoms with Crippen molar-refractivity contribution < 1.29 is 9.47 Å². The van der Waals surface area contributed by atoms with Crippen molar-refractivity contribution in [2.75, 3.05) is 32.9 Å². The van der Waals surface area contributed by atoms with Crippen LogP contribution in [0.5, 0.6) is 0 Å². The van der Waals surface area contributed by atoms with Gasteiger partial charge in [-0.2, -0.15) is 0 Å². The van der Waals surface area contributed by atoms with Crippen LogP contribution in [0.25, 0.3) is 0 Å². The summed E-state index contributed by atoms with van der Waals surface area (Å²) in [6.45, 7) is 9.12. The summed E-state index contributed by atoms with van der Waals surface area (Å²) in [6, 6.07) is 0. The highest BCUT2D eigenvalue weighted by atomic mass is 16.5. The topological polar surface area (TPSA) is 30.5 Å². The molecule has 2 atom stereocenters. The zero-order chi connectivity index (χ0) is 11.6. The van der Waals surface area contributed by atoms with E-state index in [-0.39, 0.29) is 0 Å². The molecule has 3 nitrogen and oxygen atoms in total. The minimum Gasteiger partial charge on any atom is -0.381 e. The maximum Gasteiger partial charge on any atom is 0.0671 e. The first-order chi connectivity index (χ1) is 7.83. The van der Waals surface area contributed by atoms with Gasteiger partial charge in [0.15, 0.2) is 0 Å². The Morgan fingerprint density at radius 2 is 2.31 bits per heavy atom. The van der Waals surface area contributed by atoms with Gasteiger partial charge in [0.1, 0.15) is 0 Å². The first kappa shape index (κ1) is 13.9. The molecular formula is C13H27NO2. The third-order valence-electron chi connectivity index (χ3n) is 3.03. The van der Waals surface area contributed by atoms with Crippen molar-refractivity contribution in [2.24, 2.45) is 5.92 Å². The number of nitrogens with one attached hydrogen (secondary N) is 1. The van der Waals surface area contributed by atoms with E-state index in [2.05, 4.69) is 19.2 Å². The van der Waals surface area contributed by atoms with Crippen molar-refractivity contribution in [3.05, 3.63) is 0 Å². The van der Waals surface area contributed by atoms with E-state index >= 15 is 0 Å². The molecule has 1 N–H and O–H groups in total. The van der Waals surface area contributed by atoms with Gasteiger partial charge in [-0.05, 0) is 26.3 Å². The van der Waals surface area contributed by atoms with Crippen LogP contribution < -0.4 is 5.32 Å². The van der Waals surface area contributed by atoms with Crippen LogP contribution in [0.1, 0.15) is 39.5 Å². The molecule has 2 unspecified atom stereocenters. The molecule has 1 heterocycles. The Morgan fingerprint density at radius 3 is 3.00 bits per heavy atom. The molecule has 0 saturated carbocycles. The van der Waals surface area contributed by atoms with E-state index in [1.54, 1.807) is 0 Å². The normalized spacial score (nSPS) is 22.5. The second-order valence-corrected chi connectivity index (χ2v) is 4.78. The SMILES string of the molecule is CCCCCNCC(C)OCC1CCOC1. The van der Waals surface area contributed by atoms with Gasteiger partial charge in [-0.25, -0.2) is 0 Å². The van der Waals surface area contributed by atoms with Crippen LogP contribution >= 0.6 is 0 Å². The molecule has 1 rings (SSSR count). The lowest BCUT2D eigenvalue weighted by Gasteiger charge is -2.16. The Morgan fingerprint density at radius 1 is 1.44 bits per heavy atom. The molecule has 0 spiro atoms. The van der Waals surface area contributed by atoms with E-state index in [1.807, 2.05) is 0 Å². The number of unbranched alkanes of at least 4 members (excludes halogenated alkanes) is 2. The zero-order valence-electron chi connectivity index (χ0n) is 10.8. The minimum absolute atomic E-state index is 0.322. The maximum absolute atomic E-state index is 5.79. The van der Waals surface area contributed by atoms with Gasteiger partial charge in [-0.15, -0.1) is 0 Å². The molecule has 0 radical (unpaired) electrons. The number of ether oxygens (including phenoxy) is 2. The number of rotatable bonds is 9. The van der Waals surface area contributed by atoms with Crippen molar-refractivity contribution in [2.45, 2.75) is 45.6 Å².